The predicted molar refractivity (Wildman–Crippen MR) is 34.2 cm³/mol. The zero-order valence-electron chi connectivity index (χ0n) is 5.43. The van der Waals surface area contributed by atoms with Crippen molar-refractivity contribution in [3.63, 3.8) is 0 Å². The van der Waals surface area contributed by atoms with Gasteiger partial charge in [-0.1, -0.05) is 6.42 Å². The van der Waals surface area contributed by atoms with E-state index in [1.54, 1.807) is 0 Å². The van der Waals surface area contributed by atoms with Gasteiger partial charge in [0.25, 0.3) is 0 Å². The molecule has 8 heavy (non-hydrogen) atoms. The predicted octanol–water partition coefficient (Wildman–Crippen LogP) is 0.734. The highest BCUT2D eigenvalue weighted by molar-refractivity contribution is 4.66. The minimum Gasteiger partial charge on any atom is -0.269 e. The van der Waals surface area contributed by atoms with Crippen LogP contribution in [-0.4, -0.2) is 17.6 Å². The zero-order valence-corrected chi connectivity index (χ0v) is 5.43. The summed E-state index contributed by atoms with van der Waals surface area (Å²) in [7, 11) is 0. The van der Waals surface area contributed by atoms with E-state index in [2.05, 4.69) is 6.92 Å². The first kappa shape index (κ1) is 6.05. The maximum Gasteiger partial charge on any atom is 0.0212 e. The molecule has 48 valence electrons. The summed E-state index contributed by atoms with van der Waals surface area (Å²) in [5.41, 5.74) is 0. The van der Waals surface area contributed by atoms with Gasteiger partial charge in [0.2, 0.25) is 0 Å². The lowest BCUT2D eigenvalue weighted by molar-refractivity contribution is 0.164. The molecule has 1 saturated heterocycles. The van der Waals surface area contributed by atoms with Crippen LogP contribution in [0.1, 0.15) is 26.2 Å². The molecule has 0 saturated carbocycles. The fraction of sp³-hybridized carbons (Fsp3) is 1.00. The van der Waals surface area contributed by atoms with Gasteiger partial charge in [-0.05, 0) is 19.8 Å². The Morgan fingerprint density at radius 1 is 1.50 bits per heavy atom. The van der Waals surface area contributed by atoms with Crippen LogP contribution in [0.15, 0.2) is 0 Å². The van der Waals surface area contributed by atoms with Crippen molar-refractivity contribution in [3.8, 4) is 0 Å². The van der Waals surface area contributed by atoms with Gasteiger partial charge < -0.3 is 0 Å². The summed E-state index contributed by atoms with van der Waals surface area (Å²) < 4.78 is 0. The van der Waals surface area contributed by atoms with Crippen molar-refractivity contribution >= 4 is 0 Å². The summed E-state index contributed by atoms with van der Waals surface area (Å²) >= 11 is 0. The number of hydrogen-bond donors (Lipinski definition) is 1. The van der Waals surface area contributed by atoms with E-state index in [9.17, 15) is 0 Å². The Morgan fingerprint density at radius 2 is 2.25 bits per heavy atom. The average molecular weight is 114 g/mol. The average Bonchev–Trinajstić information content (AvgIpc) is 1.77. The normalized spacial score (nSPS) is 33.0. The fourth-order valence-electron chi connectivity index (χ4n) is 1.12. The summed E-state index contributed by atoms with van der Waals surface area (Å²) in [4.78, 5) is 0. The molecule has 0 unspecified atom stereocenters. The summed E-state index contributed by atoms with van der Waals surface area (Å²) in [6, 6.07) is 0.615. The number of rotatable bonds is 0. The summed E-state index contributed by atoms with van der Waals surface area (Å²) in [6.45, 7) is 3.26. The standard InChI is InChI=1S/C6H14N2/c1-6-4-2-3-5-8(6)7/h6H,2-5,7H2,1H3/t6-/m0/s1. The molecule has 0 spiro atoms. The molecule has 0 bridgehead atoms. The lowest BCUT2D eigenvalue weighted by Crippen LogP contribution is -2.42. The Labute approximate surface area is 50.6 Å². The Bertz CT molecular complexity index is 62.9. The first-order valence-electron chi connectivity index (χ1n) is 3.32. The highest BCUT2D eigenvalue weighted by atomic mass is 15.4. The Kier molecular flexibility index (Phi) is 1.86. The van der Waals surface area contributed by atoms with E-state index in [-0.39, 0.29) is 0 Å². The van der Waals surface area contributed by atoms with Crippen molar-refractivity contribution < 1.29 is 0 Å². The van der Waals surface area contributed by atoms with Crippen LogP contribution in [0.2, 0.25) is 0 Å². The monoisotopic (exact) mass is 114 g/mol. The van der Waals surface area contributed by atoms with Crippen LogP contribution in [0.25, 0.3) is 0 Å². The van der Waals surface area contributed by atoms with Crippen LogP contribution in [0.3, 0.4) is 0 Å². The Morgan fingerprint density at radius 3 is 2.62 bits per heavy atom. The van der Waals surface area contributed by atoms with Gasteiger partial charge in [0.15, 0.2) is 0 Å². The van der Waals surface area contributed by atoms with Crippen LogP contribution in [-0.2, 0) is 0 Å². The second-order valence-electron chi connectivity index (χ2n) is 2.58. The minimum atomic E-state index is 0.615. The van der Waals surface area contributed by atoms with Gasteiger partial charge in [-0.25, -0.2) is 5.01 Å². The molecule has 1 rings (SSSR count). The molecule has 1 fully saturated rings. The van der Waals surface area contributed by atoms with Crippen molar-refractivity contribution in [2.45, 2.75) is 32.2 Å². The fourth-order valence-corrected chi connectivity index (χ4v) is 1.12. The van der Waals surface area contributed by atoms with Gasteiger partial charge >= 0.3 is 0 Å². The van der Waals surface area contributed by atoms with Gasteiger partial charge in [-0.3, -0.25) is 5.84 Å². The van der Waals surface area contributed by atoms with Gasteiger partial charge in [-0.2, -0.15) is 0 Å². The molecule has 2 N–H and O–H groups in total. The minimum absolute atomic E-state index is 0.615. The van der Waals surface area contributed by atoms with E-state index < -0.39 is 0 Å². The Hall–Kier alpha value is -0.0800. The topological polar surface area (TPSA) is 29.3 Å². The molecule has 0 radical (unpaired) electrons. The first-order valence-corrected chi connectivity index (χ1v) is 3.32. The third-order valence-corrected chi connectivity index (χ3v) is 1.85. The molecule has 2 nitrogen and oxygen atoms in total. The van der Waals surface area contributed by atoms with Gasteiger partial charge in [0.1, 0.15) is 0 Å². The van der Waals surface area contributed by atoms with E-state index in [1.165, 1.54) is 19.3 Å². The molecule has 1 atom stereocenters. The number of hydrazine groups is 1. The summed E-state index contributed by atoms with van der Waals surface area (Å²) in [5, 5.41) is 1.93. The van der Waals surface area contributed by atoms with E-state index in [4.69, 9.17) is 5.84 Å². The second kappa shape index (κ2) is 2.46. The van der Waals surface area contributed by atoms with Crippen LogP contribution >= 0.6 is 0 Å². The molecule has 1 aliphatic rings. The van der Waals surface area contributed by atoms with Crippen molar-refractivity contribution in [1.82, 2.24) is 5.01 Å². The third-order valence-electron chi connectivity index (χ3n) is 1.85. The number of piperidine rings is 1. The Balaban J connectivity index is 2.28. The van der Waals surface area contributed by atoms with Crippen LogP contribution in [0.4, 0.5) is 0 Å². The first-order chi connectivity index (χ1) is 3.80. The van der Waals surface area contributed by atoms with Gasteiger partial charge in [0, 0.05) is 12.6 Å². The molecule has 1 aliphatic heterocycles. The second-order valence-corrected chi connectivity index (χ2v) is 2.58. The zero-order chi connectivity index (χ0) is 5.98. The summed E-state index contributed by atoms with van der Waals surface area (Å²) in [5.74, 6) is 5.61. The quantitative estimate of drug-likeness (QED) is 0.470. The van der Waals surface area contributed by atoms with Crippen LogP contribution in [0.5, 0.6) is 0 Å². The molecular weight excluding hydrogens is 100 g/mol. The molecular formula is C6H14N2. The van der Waals surface area contributed by atoms with Crippen molar-refractivity contribution in [1.29, 1.82) is 0 Å². The lowest BCUT2D eigenvalue weighted by Gasteiger charge is -2.28. The summed E-state index contributed by atoms with van der Waals surface area (Å²) in [6.07, 6.45) is 3.91. The molecule has 2 heteroatoms. The molecule has 0 aromatic rings. The van der Waals surface area contributed by atoms with Crippen molar-refractivity contribution in [2.24, 2.45) is 5.84 Å². The van der Waals surface area contributed by atoms with Crippen LogP contribution in [0, 0.1) is 0 Å². The number of nitrogens with two attached hydrogens (primary N) is 1. The van der Waals surface area contributed by atoms with Gasteiger partial charge in [-0.15, -0.1) is 0 Å². The van der Waals surface area contributed by atoms with Crippen molar-refractivity contribution in [3.05, 3.63) is 0 Å². The molecule has 0 aliphatic carbocycles. The number of hydrogen-bond acceptors (Lipinski definition) is 2. The smallest absolute Gasteiger partial charge is 0.0212 e. The SMILES string of the molecule is C[C@H]1CCCCN1N. The van der Waals surface area contributed by atoms with Gasteiger partial charge in [0.05, 0.1) is 0 Å². The highest BCUT2D eigenvalue weighted by Gasteiger charge is 2.13. The van der Waals surface area contributed by atoms with E-state index in [1.807, 2.05) is 5.01 Å². The van der Waals surface area contributed by atoms with E-state index >= 15 is 0 Å². The molecule has 0 aromatic heterocycles. The van der Waals surface area contributed by atoms with Crippen LogP contribution < -0.4 is 5.84 Å². The van der Waals surface area contributed by atoms with E-state index in [0.29, 0.717) is 6.04 Å². The molecule has 0 aromatic carbocycles. The lowest BCUT2D eigenvalue weighted by atomic mass is 10.1. The third kappa shape index (κ3) is 1.20. The maximum absolute atomic E-state index is 5.61. The number of nitrogens with zero attached hydrogens (tertiary/aromatic N) is 1. The van der Waals surface area contributed by atoms with E-state index in [0.717, 1.165) is 6.54 Å². The maximum atomic E-state index is 5.61. The highest BCUT2D eigenvalue weighted by Crippen LogP contribution is 2.11. The molecule has 1 heterocycles. The van der Waals surface area contributed by atoms with Crippen molar-refractivity contribution in [2.75, 3.05) is 6.54 Å². The largest absolute Gasteiger partial charge is 0.269 e. The molecule has 0 amide bonds.